The van der Waals surface area contributed by atoms with Gasteiger partial charge in [-0.1, -0.05) is 76.0 Å². The van der Waals surface area contributed by atoms with Gasteiger partial charge in [0.25, 0.3) is 0 Å². The Labute approximate surface area is 267 Å². The van der Waals surface area contributed by atoms with E-state index in [1.165, 1.54) is 30.7 Å². The summed E-state index contributed by atoms with van der Waals surface area (Å²) in [5, 5.41) is 22.2. The molecule has 2 aliphatic rings. The van der Waals surface area contributed by atoms with Gasteiger partial charge >= 0.3 is 19.8 Å². The third-order valence-corrected chi connectivity index (χ3v) is 8.83. The second kappa shape index (κ2) is 20.2. The van der Waals surface area contributed by atoms with Crippen LogP contribution in [0.4, 0.5) is 0 Å². The van der Waals surface area contributed by atoms with E-state index in [9.17, 15) is 34.2 Å². The summed E-state index contributed by atoms with van der Waals surface area (Å²) < 4.78 is 27.8. The number of hydrogen-bond donors (Lipinski definition) is 5. The molecule has 0 aromatic heterocycles. The lowest BCUT2D eigenvalue weighted by atomic mass is 9.86. The Morgan fingerprint density at radius 1 is 1.18 bits per heavy atom. The molecule has 0 saturated heterocycles. The Balaban J connectivity index is 2.00. The van der Waals surface area contributed by atoms with Gasteiger partial charge in [-0.05, 0) is 63.5 Å². The molecule has 6 N–H and O–H groups in total. The number of phosphoric acid groups is 1. The summed E-state index contributed by atoms with van der Waals surface area (Å²) in [5.74, 6) is -0.604. The summed E-state index contributed by atoms with van der Waals surface area (Å²) in [6.07, 6.45) is 18.6. The van der Waals surface area contributed by atoms with Crippen molar-refractivity contribution < 1.29 is 48.2 Å². The Morgan fingerprint density at radius 2 is 1.93 bits per heavy atom. The number of ether oxygens (including phenoxy) is 2. The van der Waals surface area contributed by atoms with Crippen LogP contribution in [-0.4, -0.2) is 68.5 Å². The number of carbonyl (C=O) groups is 2. The SMILES string of the molecule is CCCCCCCC(=O)O[C@H]1CCC[C@@H](/C=C\C=C/[C@H](O)C[C@@H](OP(=O)(O)O)[C@](O)(/C=C/[C@@H]2OC(=O)C=C[C@@H]2CC)CCN)C1. The predicted octanol–water partition coefficient (Wildman–Crippen LogP) is 4.93. The number of esters is 2. The minimum absolute atomic E-state index is 0.0469. The van der Waals surface area contributed by atoms with Crippen molar-refractivity contribution in [3.63, 3.8) is 0 Å². The normalized spacial score (nSPS) is 25.4. The highest BCUT2D eigenvalue weighted by Crippen LogP contribution is 2.42. The fourth-order valence-corrected chi connectivity index (χ4v) is 6.36. The molecule has 7 atom stereocenters. The van der Waals surface area contributed by atoms with Crippen LogP contribution in [0.3, 0.4) is 0 Å². The van der Waals surface area contributed by atoms with E-state index >= 15 is 0 Å². The van der Waals surface area contributed by atoms with Crippen LogP contribution < -0.4 is 5.73 Å². The summed E-state index contributed by atoms with van der Waals surface area (Å²) in [5.41, 5.74) is 3.74. The number of phosphoric ester groups is 1. The van der Waals surface area contributed by atoms with E-state index in [1.807, 2.05) is 13.0 Å². The number of carbonyl (C=O) groups excluding carboxylic acids is 2. The number of aliphatic hydroxyl groups excluding tert-OH is 1. The van der Waals surface area contributed by atoms with E-state index in [0.29, 0.717) is 12.8 Å². The van der Waals surface area contributed by atoms with Crippen LogP contribution in [0.25, 0.3) is 0 Å². The number of hydrogen-bond acceptors (Lipinski definition) is 9. The number of cyclic esters (lactones) is 1. The monoisotopic (exact) mass is 655 g/mol. The molecule has 1 saturated carbocycles. The first-order chi connectivity index (χ1) is 21.4. The molecule has 0 aromatic carbocycles. The average molecular weight is 656 g/mol. The van der Waals surface area contributed by atoms with Crippen LogP contribution in [0.1, 0.15) is 97.3 Å². The number of rotatable bonds is 20. The highest BCUT2D eigenvalue weighted by atomic mass is 31.2. The number of nitrogens with two attached hydrogens (primary N) is 1. The first kappa shape index (κ1) is 39.1. The molecule has 1 aliphatic carbocycles. The van der Waals surface area contributed by atoms with Gasteiger partial charge in [0.15, 0.2) is 0 Å². The maximum atomic E-state index is 12.2. The van der Waals surface area contributed by atoms with Gasteiger partial charge in [-0.2, -0.15) is 0 Å². The van der Waals surface area contributed by atoms with E-state index in [1.54, 1.807) is 18.2 Å². The van der Waals surface area contributed by atoms with E-state index in [-0.39, 0.29) is 43.3 Å². The second-order valence-corrected chi connectivity index (χ2v) is 13.3. The lowest BCUT2D eigenvalue weighted by Gasteiger charge is -2.35. The maximum Gasteiger partial charge on any atom is 0.469 e. The fourth-order valence-electron chi connectivity index (χ4n) is 5.76. The molecule has 1 fully saturated rings. The largest absolute Gasteiger partial charge is 0.469 e. The van der Waals surface area contributed by atoms with Crippen molar-refractivity contribution in [2.75, 3.05) is 6.54 Å². The zero-order chi connectivity index (χ0) is 33.3. The first-order valence-electron chi connectivity index (χ1n) is 16.4. The molecule has 0 radical (unpaired) electrons. The average Bonchev–Trinajstić information content (AvgIpc) is 2.97. The van der Waals surface area contributed by atoms with Crippen molar-refractivity contribution in [1.29, 1.82) is 0 Å². The fraction of sp³-hybridized carbons (Fsp3) is 0.697. The van der Waals surface area contributed by atoms with Crippen LogP contribution in [0.15, 0.2) is 48.6 Å². The highest BCUT2D eigenvalue weighted by molar-refractivity contribution is 7.46. The van der Waals surface area contributed by atoms with E-state index in [2.05, 4.69) is 6.92 Å². The molecular weight excluding hydrogens is 601 g/mol. The Hall–Kier alpha value is -2.11. The van der Waals surface area contributed by atoms with Gasteiger partial charge in [-0.3, -0.25) is 9.32 Å². The standard InChI is InChI=1S/C33H54NO10P/c1-3-5-6-7-8-16-31(36)42-28-15-11-13-25(23-28)12-9-10-14-27(35)24-30(44-45(39,40)41)33(38,21-22-34)20-19-29-26(4-2)17-18-32(37)43-29/h9-10,12,14,17-20,25-30,35,38H,3-8,11,13,15-16,21-24,34H2,1-2H3,(H2,39,40,41)/b12-9-,14-10-,20-19+/t25-,26+,27+,28+,29+,30-,33+/m1/s1. The van der Waals surface area contributed by atoms with Gasteiger partial charge in [-0.15, -0.1) is 0 Å². The van der Waals surface area contributed by atoms with Gasteiger partial charge in [0.1, 0.15) is 23.9 Å². The van der Waals surface area contributed by atoms with Crippen molar-refractivity contribution in [3.05, 3.63) is 48.6 Å². The predicted molar refractivity (Wildman–Crippen MR) is 172 cm³/mol. The summed E-state index contributed by atoms with van der Waals surface area (Å²) in [7, 11) is -5.08. The molecule has 12 heteroatoms. The minimum Gasteiger partial charge on any atom is -0.462 e. The Morgan fingerprint density at radius 3 is 2.62 bits per heavy atom. The summed E-state index contributed by atoms with van der Waals surface area (Å²) in [6, 6.07) is 0. The summed E-state index contributed by atoms with van der Waals surface area (Å²) >= 11 is 0. The molecular formula is C33H54NO10P. The topological polar surface area (TPSA) is 186 Å². The van der Waals surface area contributed by atoms with Crippen molar-refractivity contribution in [2.24, 2.45) is 17.6 Å². The highest BCUT2D eigenvalue weighted by Gasteiger charge is 2.40. The molecule has 1 heterocycles. The van der Waals surface area contributed by atoms with Gasteiger partial charge in [0.2, 0.25) is 0 Å². The van der Waals surface area contributed by atoms with Gasteiger partial charge in [0.05, 0.1) is 6.10 Å². The molecule has 256 valence electrons. The Bertz CT molecular complexity index is 1070. The van der Waals surface area contributed by atoms with Crippen LogP contribution in [-0.2, 0) is 28.2 Å². The van der Waals surface area contributed by atoms with Gasteiger partial charge < -0.3 is 35.2 Å². The number of unbranched alkanes of at least 4 members (excludes halogenated alkanes) is 4. The van der Waals surface area contributed by atoms with Gasteiger partial charge in [-0.25, -0.2) is 9.36 Å². The zero-order valence-electron chi connectivity index (χ0n) is 26.7. The third kappa shape index (κ3) is 15.4. The van der Waals surface area contributed by atoms with Crippen LogP contribution >= 0.6 is 7.82 Å². The molecule has 0 spiro atoms. The van der Waals surface area contributed by atoms with Crippen molar-refractivity contribution >= 4 is 19.8 Å². The summed E-state index contributed by atoms with van der Waals surface area (Å²) in [4.78, 5) is 43.2. The molecule has 0 amide bonds. The Kier molecular flexibility index (Phi) is 17.5. The molecule has 11 nitrogen and oxygen atoms in total. The van der Waals surface area contributed by atoms with Crippen molar-refractivity contribution in [1.82, 2.24) is 0 Å². The molecule has 2 rings (SSSR count). The minimum atomic E-state index is -5.08. The van der Waals surface area contributed by atoms with E-state index in [0.717, 1.165) is 51.4 Å². The molecule has 45 heavy (non-hydrogen) atoms. The molecule has 0 aromatic rings. The van der Waals surface area contributed by atoms with Crippen LogP contribution in [0.5, 0.6) is 0 Å². The smallest absolute Gasteiger partial charge is 0.462 e. The molecule has 1 aliphatic heterocycles. The number of allylic oxidation sites excluding steroid dienone is 3. The molecule has 0 bridgehead atoms. The van der Waals surface area contributed by atoms with Crippen molar-refractivity contribution in [3.8, 4) is 0 Å². The first-order valence-corrected chi connectivity index (χ1v) is 17.9. The quantitative estimate of drug-likeness (QED) is 0.0394. The van der Waals surface area contributed by atoms with Crippen LogP contribution in [0, 0.1) is 11.8 Å². The van der Waals surface area contributed by atoms with Crippen molar-refractivity contribution in [2.45, 2.75) is 127 Å². The zero-order valence-corrected chi connectivity index (χ0v) is 27.6. The second-order valence-electron chi connectivity index (χ2n) is 12.1. The van der Waals surface area contributed by atoms with Crippen LogP contribution in [0.2, 0.25) is 0 Å². The lowest BCUT2D eigenvalue weighted by Crippen LogP contribution is -2.45. The number of aliphatic hydroxyl groups is 2. The summed E-state index contributed by atoms with van der Waals surface area (Å²) in [6.45, 7) is 4.02. The molecule has 0 unspecified atom stereocenters. The van der Waals surface area contributed by atoms with E-state index < -0.39 is 37.7 Å². The maximum absolute atomic E-state index is 12.2. The lowest BCUT2D eigenvalue weighted by molar-refractivity contribution is -0.151. The van der Waals surface area contributed by atoms with E-state index in [4.69, 9.17) is 19.7 Å². The third-order valence-electron chi connectivity index (χ3n) is 8.30. The van der Waals surface area contributed by atoms with Gasteiger partial charge in [0, 0.05) is 24.8 Å².